The molecule has 0 N–H and O–H groups in total. The van der Waals surface area contributed by atoms with Crippen molar-refractivity contribution in [1.29, 1.82) is 0 Å². The molecule has 0 saturated carbocycles. The van der Waals surface area contributed by atoms with E-state index < -0.39 is 7.14 Å². The van der Waals surface area contributed by atoms with E-state index in [-0.39, 0.29) is 0 Å². The SMILES string of the molecule is O=P(c1ccncc1)(c1ccc2cccnc2c1)c1ccc2c(c1)c1ccccc1n1c3ccccc3nc21. The van der Waals surface area contributed by atoms with Gasteiger partial charge in [-0.15, -0.1) is 0 Å². The molecule has 0 aliphatic rings. The molecule has 4 heterocycles. The fourth-order valence-corrected chi connectivity index (χ4v) is 8.38. The molecule has 8 rings (SSSR count). The zero-order chi connectivity index (χ0) is 26.0. The fourth-order valence-electron chi connectivity index (χ4n) is 5.74. The van der Waals surface area contributed by atoms with Crippen LogP contribution in [0.2, 0.25) is 0 Å². The van der Waals surface area contributed by atoms with E-state index in [0.29, 0.717) is 0 Å². The van der Waals surface area contributed by atoms with Gasteiger partial charge in [0.2, 0.25) is 0 Å². The minimum absolute atomic E-state index is 0.740. The molecule has 1 unspecified atom stereocenters. The number of imidazole rings is 1. The predicted molar refractivity (Wildman–Crippen MR) is 160 cm³/mol. The van der Waals surface area contributed by atoms with Crippen LogP contribution in [0.15, 0.2) is 128 Å². The van der Waals surface area contributed by atoms with Gasteiger partial charge in [0.25, 0.3) is 0 Å². The van der Waals surface area contributed by atoms with Gasteiger partial charge >= 0.3 is 0 Å². The molecule has 5 nitrogen and oxygen atoms in total. The van der Waals surface area contributed by atoms with Crippen LogP contribution in [0.4, 0.5) is 0 Å². The average Bonchev–Trinajstić information content (AvgIpc) is 3.41. The average molecular weight is 521 g/mol. The van der Waals surface area contributed by atoms with Crippen molar-refractivity contribution in [3.63, 3.8) is 0 Å². The standard InChI is InChI=1S/C33H21N4OP/c38-39(23-15-18-34-19-16-23,25-12-11-22-6-5-17-35-30(22)21-25)24-13-14-27-28(20-24)26-7-1-3-9-31(26)37-32-10-4-2-8-29(32)36-33(27)37/h1-21H. The van der Waals surface area contributed by atoms with Crippen molar-refractivity contribution in [2.24, 2.45) is 0 Å². The van der Waals surface area contributed by atoms with Crippen LogP contribution in [0, 0.1) is 0 Å². The van der Waals surface area contributed by atoms with Crippen LogP contribution < -0.4 is 15.9 Å². The summed E-state index contributed by atoms with van der Waals surface area (Å²) in [4.78, 5) is 13.8. The maximum Gasteiger partial charge on any atom is 0.171 e. The summed E-state index contributed by atoms with van der Waals surface area (Å²) in [5, 5.41) is 6.41. The minimum atomic E-state index is -3.26. The number of nitrogens with zero attached hydrogens (tertiary/aromatic N) is 4. The molecular formula is C33H21N4OP. The van der Waals surface area contributed by atoms with Gasteiger partial charge in [-0.05, 0) is 60.0 Å². The van der Waals surface area contributed by atoms with Crippen LogP contribution in [0.5, 0.6) is 0 Å². The molecule has 0 spiro atoms. The van der Waals surface area contributed by atoms with E-state index in [1.54, 1.807) is 18.6 Å². The molecule has 0 aliphatic carbocycles. The number of fused-ring (bicyclic) bond motifs is 9. The highest BCUT2D eigenvalue weighted by molar-refractivity contribution is 7.85. The van der Waals surface area contributed by atoms with Gasteiger partial charge in [0.05, 0.1) is 22.1 Å². The number of para-hydroxylation sites is 3. The molecule has 184 valence electrons. The van der Waals surface area contributed by atoms with Crippen molar-refractivity contribution in [3.8, 4) is 0 Å². The van der Waals surface area contributed by atoms with E-state index in [1.165, 1.54) is 0 Å². The van der Waals surface area contributed by atoms with Crippen LogP contribution in [0.25, 0.3) is 49.3 Å². The summed E-state index contributed by atoms with van der Waals surface area (Å²) in [7, 11) is -3.26. The van der Waals surface area contributed by atoms with Crippen LogP contribution in [-0.2, 0) is 4.57 Å². The second kappa shape index (κ2) is 8.32. The number of aromatic nitrogens is 4. The molecular weight excluding hydrogens is 499 g/mol. The zero-order valence-corrected chi connectivity index (χ0v) is 21.7. The van der Waals surface area contributed by atoms with Crippen molar-refractivity contribution in [2.45, 2.75) is 0 Å². The summed E-state index contributed by atoms with van der Waals surface area (Å²) >= 11 is 0. The second-order valence-corrected chi connectivity index (χ2v) is 12.5. The molecule has 0 radical (unpaired) electrons. The van der Waals surface area contributed by atoms with Gasteiger partial charge < -0.3 is 4.57 Å². The summed E-state index contributed by atoms with van der Waals surface area (Å²) in [6.07, 6.45) is 5.18. The lowest BCUT2D eigenvalue weighted by molar-refractivity contribution is 0.592. The smallest absolute Gasteiger partial charge is 0.171 e. The highest BCUT2D eigenvalue weighted by Crippen LogP contribution is 2.44. The molecule has 0 saturated heterocycles. The van der Waals surface area contributed by atoms with Gasteiger partial charge in [0, 0.05) is 50.7 Å². The second-order valence-electron chi connectivity index (χ2n) is 9.70. The quantitative estimate of drug-likeness (QED) is 0.201. The number of benzene rings is 4. The number of rotatable bonds is 3. The van der Waals surface area contributed by atoms with Crippen LogP contribution >= 0.6 is 7.14 Å². The maximum absolute atomic E-state index is 15.4. The van der Waals surface area contributed by atoms with Crippen LogP contribution in [-0.4, -0.2) is 19.4 Å². The van der Waals surface area contributed by atoms with Gasteiger partial charge in [-0.1, -0.05) is 54.6 Å². The summed E-state index contributed by atoms with van der Waals surface area (Å²) in [5.74, 6) is 0. The first-order chi connectivity index (χ1) is 19.2. The number of pyridine rings is 3. The highest BCUT2D eigenvalue weighted by Gasteiger charge is 2.31. The molecule has 39 heavy (non-hydrogen) atoms. The van der Waals surface area contributed by atoms with Crippen LogP contribution in [0.3, 0.4) is 0 Å². The zero-order valence-electron chi connectivity index (χ0n) is 20.8. The van der Waals surface area contributed by atoms with E-state index in [0.717, 1.165) is 65.2 Å². The van der Waals surface area contributed by atoms with Gasteiger partial charge in [0.15, 0.2) is 7.14 Å². The number of hydrogen-bond donors (Lipinski definition) is 0. The largest absolute Gasteiger partial charge is 0.309 e. The summed E-state index contributed by atoms with van der Waals surface area (Å²) in [5.41, 5.74) is 4.80. The Labute approximate surface area is 223 Å². The maximum atomic E-state index is 15.4. The molecule has 0 amide bonds. The molecule has 0 aliphatic heterocycles. The molecule has 0 fully saturated rings. The lowest BCUT2D eigenvalue weighted by Gasteiger charge is -2.21. The predicted octanol–water partition coefficient (Wildman–Crippen LogP) is 6.38. The van der Waals surface area contributed by atoms with Gasteiger partial charge in [-0.3, -0.25) is 14.4 Å². The Morgan fingerprint density at radius 3 is 2.23 bits per heavy atom. The summed E-state index contributed by atoms with van der Waals surface area (Å²) in [6.45, 7) is 0. The normalized spacial score (nSPS) is 13.4. The highest BCUT2D eigenvalue weighted by atomic mass is 31.2. The molecule has 4 aromatic heterocycles. The van der Waals surface area contributed by atoms with E-state index in [1.807, 2.05) is 66.7 Å². The van der Waals surface area contributed by atoms with Crippen molar-refractivity contribution >= 4 is 72.3 Å². The first kappa shape index (κ1) is 22.2. The Balaban J connectivity index is 1.48. The van der Waals surface area contributed by atoms with Crippen molar-refractivity contribution in [2.75, 3.05) is 0 Å². The Hall–Kier alpha value is -4.86. The fraction of sp³-hybridized carbons (Fsp3) is 0. The third-order valence-electron chi connectivity index (χ3n) is 7.58. The lowest BCUT2D eigenvalue weighted by Crippen LogP contribution is -2.25. The molecule has 4 aromatic carbocycles. The van der Waals surface area contributed by atoms with E-state index in [4.69, 9.17) is 4.98 Å². The third kappa shape index (κ3) is 3.20. The Morgan fingerprint density at radius 1 is 0.564 bits per heavy atom. The molecule has 6 heteroatoms. The van der Waals surface area contributed by atoms with E-state index in [9.17, 15) is 0 Å². The first-order valence-corrected chi connectivity index (χ1v) is 14.5. The van der Waals surface area contributed by atoms with Crippen molar-refractivity contribution in [1.82, 2.24) is 19.4 Å². The molecule has 8 aromatic rings. The molecule has 1 atom stereocenters. The van der Waals surface area contributed by atoms with Gasteiger partial charge in [-0.25, -0.2) is 4.98 Å². The van der Waals surface area contributed by atoms with Crippen molar-refractivity contribution < 1.29 is 4.57 Å². The van der Waals surface area contributed by atoms with Crippen molar-refractivity contribution in [3.05, 3.63) is 128 Å². The third-order valence-corrected chi connectivity index (χ3v) is 10.6. The van der Waals surface area contributed by atoms with Crippen LogP contribution in [0.1, 0.15) is 0 Å². The lowest BCUT2D eigenvalue weighted by atomic mass is 10.1. The Morgan fingerprint density at radius 2 is 1.33 bits per heavy atom. The Bertz CT molecular complexity index is 2270. The monoisotopic (exact) mass is 520 g/mol. The number of hydrogen-bond acceptors (Lipinski definition) is 4. The van der Waals surface area contributed by atoms with E-state index in [2.05, 4.69) is 56.8 Å². The Kier molecular flexibility index (Phi) is 4.73. The van der Waals surface area contributed by atoms with E-state index >= 15 is 4.57 Å². The topological polar surface area (TPSA) is 60.2 Å². The first-order valence-electron chi connectivity index (χ1n) is 12.8. The molecule has 0 bridgehead atoms. The van der Waals surface area contributed by atoms with Gasteiger partial charge in [-0.2, -0.15) is 0 Å². The summed E-state index contributed by atoms with van der Waals surface area (Å²) in [6, 6.07) is 36.3. The van der Waals surface area contributed by atoms with Gasteiger partial charge in [0.1, 0.15) is 5.65 Å². The minimum Gasteiger partial charge on any atom is -0.309 e. The summed E-state index contributed by atoms with van der Waals surface area (Å²) < 4.78 is 17.6.